The fraction of sp³-hybridized carbons (Fsp3) is 0.533. The average Bonchev–Trinajstić information content (AvgIpc) is 3.00. The summed E-state index contributed by atoms with van der Waals surface area (Å²) >= 11 is 0. The number of carbonyl (C=O) groups excluding carboxylic acids is 1. The van der Waals surface area contributed by atoms with E-state index in [0.29, 0.717) is 19.6 Å². The number of carbonyl (C=O) groups is 1. The number of rotatable bonds is 6. The maximum atomic E-state index is 11.7. The maximum absolute atomic E-state index is 11.7. The summed E-state index contributed by atoms with van der Waals surface area (Å²) in [5.74, 6) is 1.56. The highest BCUT2D eigenvalue weighted by Gasteiger charge is 2.17. The van der Waals surface area contributed by atoms with Gasteiger partial charge in [-0.05, 0) is 43.0 Å². The first-order valence-electron chi connectivity index (χ1n) is 7.10. The molecular weight excluding hydrogens is 272 g/mol. The van der Waals surface area contributed by atoms with Gasteiger partial charge in [0.1, 0.15) is 17.7 Å². The van der Waals surface area contributed by atoms with Gasteiger partial charge in [0.2, 0.25) is 0 Å². The summed E-state index contributed by atoms with van der Waals surface area (Å²) in [5, 5.41) is 5.61. The first-order valence-corrected chi connectivity index (χ1v) is 7.10. The molecule has 2 amide bonds. The van der Waals surface area contributed by atoms with Crippen molar-refractivity contribution in [2.24, 2.45) is 0 Å². The molecule has 1 fully saturated rings. The van der Waals surface area contributed by atoms with Gasteiger partial charge >= 0.3 is 6.03 Å². The lowest BCUT2D eigenvalue weighted by Gasteiger charge is -2.14. The molecule has 6 heteroatoms. The third-order valence-corrected chi connectivity index (χ3v) is 3.39. The van der Waals surface area contributed by atoms with E-state index in [1.807, 2.05) is 18.2 Å². The second-order valence-electron chi connectivity index (χ2n) is 4.83. The van der Waals surface area contributed by atoms with Gasteiger partial charge in [0.05, 0.1) is 14.2 Å². The minimum atomic E-state index is -0.205. The van der Waals surface area contributed by atoms with Crippen molar-refractivity contribution in [3.63, 3.8) is 0 Å². The first-order chi connectivity index (χ1) is 10.2. The van der Waals surface area contributed by atoms with Gasteiger partial charge in [-0.3, -0.25) is 0 Å². The quantitative estimate of drug-likeness (QED) is 0.837. The van der Waals surface area contributed by atoms with Crippen LogP contribution in [0.3, 0.4) is 0 Å². The Morgan fingerprint density at radius 2 is 2.24 bits per heavy atom. The molecule has 1 aliphatic heterocycles. The lowest BCUT2D eigenvalue weighted by Crippen LogP contribution is -2.42. The van der Waals surface area contributed by atoms with Gasteiger partial charge in [-0.1, -0.05) is 0 Å². The molecule has 1 atom stereocenters. The topological polar surface area (TPSA) is 68.8 Å². The summed E-state index contributed by atoms with van der Waals surface area (Å²) in [4.78, 5) is 11.7. The third-order valence-electron chi connectivity index (χ3n) is 3.39. The highest BCUT2D eigenvalue weighted by atomic mass is 16.5. The van der Waals surface area contributed by atoms with E-state index in [9.17, 15) is 4.79 Å². The van der Waals surface area contributed by atoms with Crippen molar-refractivity contribution in [3.8, 4) is 11.5 Å². The van der Waals surface area contributed by atoms with Gasteiger partial charge in [0, 0.05) is 13.2 Å². The van der Waals surface area contributed by atoms with Crippen LogP contribution in [0.5, 0.6) is 11.5 Å². The number of amides is 2. The van der Waals surface area contributed by atoms with Gasteiger partial charge in [-0.25, -0.2) is 4.79 Å². The second-order valence-corrected chi connectivity index (χ2v) is 4.83. The summed E-state index contributed by atoms with van der Waals surface area (Å²) in [6.07, 6.45) is 2.37. The van der Waals surface area contributed by atoms with E-state index in [4.69, 9.17) is 14.2 Å². The molecule has 0 bridgehead atoms. The lowest BCUT2D eigenvalue weighted by molar-refractivity contribution is 0.0908. The molecule has 0 aliphatic carbocycles. The molecule has 0 saturated carbocycles. The van der Waals surface area contributed by atoms with Crippen molar-refractivity contribution < 1.29 is 19.0 Å². The summed E-state index contributed by atoms with van der Waals surface area (Å²) in [7, 11) is 3.25. The molecular formula is C15H22N2O4. The fourth-order valence-electron chi connectivity index (χ4n) is 2.28. The molecule has 1 aromatic carbocycles. The Morgan fingerprint density at radius 3 is 2.90 bits per heavy atom. The smallest absolute Gasteiger partial charge is 0.316 e. The number of nitrogens with one attached hydrogen (secondary N) is 2. The van der Waals surface area contributed by atoms with Crippen LogP contribution in [-0.4, -0.2) is 39.6 Å². The molecule has 116 valence electrons. The van der Waals surface area contributed by atoms with E-state index in [2.05, 4.69) is 10.6 Å². The largest absolute Gasteiger partial charge is 0.497 e. The number of methoxy groups -OCH3 is 2. The zero-order chi connectivity index (χ0) is 15.1. The average molecular weight is 294 g/mol. The van der Waals surface area contributed by atoms with Crippen LogP contribution in [0.2, 0.25) is 0 Å². The molecule has 2 rings (SSSR count). The zero-order valence-electron chi connectivity index (χ0n) is 12.5. The van der Waals surface area contributed by atoms with Crippen LogP contribution < -0.4 is 20.1 Å². The SMILES string of the molecule is COc1ccc(OC)c(CCNC(=O)NC2CCCO2)c1. The Morgan fingerprint density at radius 1 is 1.38 bits per heavy atom. The Balaban J connectivity index is 1.80. The fourth-order valence-corrected chi connectivity index (χ4v) is 2.28. The molecule has 2 N–H and O–H groups in total. The molecule has 1 saturated heterocycles. The van der Waals surface area contributed by atoms with Crippen molar-refractivity contribution in [3.05, 3.63) is 23.8 Å². The minimum absolute atomic E-state index is 0.156. The van der Waals surface area contributed by atoms with E-state index < -0.39 is 0 Å². The zero-order valence-corrected chi connectivity index (χ0v) is 12.5. The highest BCUT2D eigenvalue weighted by Crippen LogP contribution is 2.24. The van der Waals surface area contributed by atoms with E-state index in [1.165, 1.54) is 0 Å². The van der Waals surface area contributed by atoms with Crippen LogP contribution in [0.15, 0.2) is 18.2 Å². The van der Waals surface area contributed by atoms with Gasteiger partial charge in [-0.15, -0.1) is 0 Å². The van der Waals surface area contributed by atoms with Crippen LogP contribution in [0.1, 0.15) is 18.4 Å². The Kier molecular flexibility index (Phi) is 5.68. The monoisotopic (exact) mass is 294 g/mol. The maximum Gasteiger partial charge on any atom is 0.316 e. The van der Waals surface area contributed by atoms with Crippen molar-refractivity contribution in [1.29, 1.82) is 0 Å². The molecule has 1 unspecified atom stereocenters. The van der Waals surface area contributed by atoms with Crippen LogP contribution in [-0.2, 0) is 11.2 Å². The minimum Gasteiger partial charge on any atom is -0.497 e. The molecule has 6 nitrogen and oxygen atoms in total. The van der Waals surface area contributed by atoms with Crippen molar-refractivity contribution in [2.45, 2.75) is 25.5 Å². The Labute approximate surface area is 124 Å². The molecule has 1 heterocycles. The number of ether oxygens (including phenoxy) is 3. The summed E-state index contributed by atoms with van der Waals surface area (Å²) in [6.45, 7) is 1.23. The summed E-state index contributed by atoms with van der Waals surface area (Å²) < 4.78 is 15.9. The highest BCUT2D eigenvalue weighted by molar-refractivity contribution is 5.74. The van der Waals surface area contributed by atoms with E-state index >= 15 is 0 Å². The Bertz CT molecular complexity index is 473. The molecule has 21 heavy (non-hydrogen) atoms. The van der Waals surface area contributed by atoms with E-state index in [-0.39, 0.29) is 12.3 Å². The van der Waals surface area contributed by atoms with Crippen molar-refractivity contribution in [1.82, 2.24) is 10.6 Å². The normalized spacial score (nSPS) is 17.3. The van der Waals surface area contributed by atoms with Crippen LogP contribution in [0.4, 0.5) is 4.79 Å². The van der Waals surface area contributed by atoms with Gasteiger partial charge < -0.3 is 24.8 Å². The molecule has 1 aromatic rings. The van der Waals surface area contributed by atoms with Gasteiger partial charge in [0.15, 0.2) is 0 Å². The van der Waals surface area contributed by atoms with E-state index in [0.717, 1.165) is 29.9 Å². The standard InChI is InChI=1S/C15H22N2O4/c1-19-12-5-6-13(20-2)11(10-12)7-8-16-15(18)17-14-4-3-9-21-14/h5-6,10,14H,3-4,7-9H2,1-2H3,(H2,16,17,18). The summed E-state index contributed by atoms with van der Waals surface area (Å²) in [6, 6.07) is 5.42. The number of benzene rings is 1. The Hall–Kier alpha value is -1.95. The molecule has 1 aliphatic rings. The second kappa shape index (κ2) is 7.73. The molecule has 0 spiro atoms. The van der Waals surface area contributed by atoms with Gasteiger partial charge in [-0.2, -0.15) is 0 Å². The number of hydrogen-bond acceptors (Lipinski definition) is 4. The van der Waals surface area contributed by atoms with Crippen LogP contribution in [0.25, 0.3) is 0 Å². The predicted molar refractivity (Wildman–Crippen MR) is 78.8 cm³/mol. The molecule has 0 aromatic heterocycles. The third kappa shape index (κ3) is 4.53. The van der Waals surface area contributed by atoms with Crippen molar-refractivity contribution in [2.75, 3.05) is 27.4 Å². The summed E-state index contributed by atoms with van der Waals surface area (Å²) in [5.41, 5.74) is 0.995. The lowest BCUT2D eigenvalue weighted by atomic mass is 10.1. The van der Waals surface area contributed by atoms with E-state index in [1.54, 1.807) is 14.2 Å². The number of hydrogen-bond donors (Lipinski definition) is 2. The van der Waals surface area contributed by atoms with Crippen molar-refractivity contribution >= 4 is 6.03 Å². The van der Waals surface area contributed by atoms with Gasteiger partial charge in [0.25, 0.3) is 0 Å². The number of urea groups is 1. The first kappa shape index (κ1) is 15.4. The molecule has 0 radical (unpaired) electrons. The van der Waals surface area contributed by atoms with Crippen LogP contribution in [0, 0.1) is 0 Å². The predicted octanol–water partition coefficient (Wildman–Crippen LogP) is 1.68. The van der Waals surface area contributed by atoms with Crippen LogP contribution >= 0.6 is 0 Å².